The van der Waals surface area contributed by atoms with Gasteiger partial charge >= 0.3 is 0 Å². The van der Waals surface area contributed by atoms with Crippen LogP contribution in [0.4, 0.5) is 0 Å². The maximum Gasteiger partial charge on any atom is 0.243 e. The van der Waals surface area contributed by atoms with E-state index in [1.807, 2.05) is 0 Å². The Morgan fingerprint density at radius 2 is 2.05 bits per heavy atom. The minimum absolute atomic E-state index is 0.113. The van der Waals surface area contributed by atoms with Gasteiger partial charge in [-0.2, -0.15) is 0 Å². The van der Waals surface area contributed by atoms with Gasteiger partial charge in [0.1, 0.15) is 10.5 Å². The summed E-state index contributed by atoms with van der Waals surface area (Å²) >= 11 is 6.09. The van der Waals surface area contributed by atoms with Crippen LogP contribution in [0.3, 0.4) is 0 Å². The van der Waals surface area contributed by atoms with E-state index in [2.05, 4.69) is 14.7 Å². The Morgan fingerprint density at radius 3 is 2.76 bits per heavy atom. The van der Waals surface area contributed by atoms with Gasteiger partial charge in [-0.15, -0.1) is 0 Å². The zero-order valence-corrected chi connectivity index (χ0v) is 12.8. The Bertz CT molecular complexity index is 751. The molecule has 0 unspecified atom stereocenters. The van der Waals surface area contributed by atoms with Crippen molar-refractivity contribution in [2.75, 3.05) is 0 Å². The van der Waals surface area contributed by atoms with Crippen LogP contribution < -0.4 is 4.72 Å². The summed E-state index contributed by atoms with van der Waals surface area (Å²) in [4.78, 5) is 7.01. The number of pyridine rings is 1. The molecule has 8 heteroatoms. The van der Waals surface area contributed by atoms with Crippen molar-refractivity contribution in [2.24, 2.45) is 0 Å². The third-order valence-corrected chi connectivity index (χ3v) is 5.65. The molecule has 0 aliphatic heterocycles. The fourth-order valence-electron chi connectivity index (χ4n) is 2.68. The van der Waals surface area contributed by atoms with Crippen LogP contribution in [0.5, 0.6) is 0 Å². The number of fused-ring (bicyclic) bond motifs is 1. The van der Waals surface area contributed by atoms with Crippen LogP contribution in [0.1, 0.15) is 25.7 Å². The molecule has 0 spiro atoms. The average Bonchev–Trinajstić information content (AvgIpc) is 2.87. The largest absolute Gasteiger partial charge is 0.393 e. The lowest BCUT2D eigenvalue weighted by atomic mass is 9.94. The van der Waals surface area contributed by atoms with E-state index < -0.39 is 10.0 Å². The number of aliphatic hydroxyl groups excluding tert-OH is 1. The first-order valence-corrected chi connectivity index (χ1v) is 8.65. The number of rotatable bonds is 3. The number of nitrogens with one attached hydrogen (secondary N) is 2. The van der Waals surface area contributed by atoms with Crippen LogP contribution in [0.15, 0.2) is 23.4 Å². The van der Waals surface area contributed by atoms with Crippen molar-refractivity contribution in [3.05, 3.63) is 23.5 Å². The Hall–Kier alpha value is -1.15. The lowest BCUT2D eigenvalue weighted by Gasteiger charge is -2.25. The van der Waals surface area contributed by atoms with Crippen LogP contribution in [0.25, 0.3) is 11.0 Å². The summed E-state index contributed by atoms with van der Waals surface area (Å²) in [6.07, 6.45) is 5.10. The Kier molecular flexibility index (Phi) is 3.92. The van der Waals surface area contributed by atoms with Gasteiger partial charge in [0, 0.05) is 18.4 Å². The molecule has 0 amide bonds. The van der Waals surface area contributed by atoms with Crippen molar-refractivity contribution in [2.45, 2.75) is 42.7 Å². The minimum atomic E-state index is -3.67. The summed E-state index contributed by atoms with van der Waals surface area (Å²) in [5.41, 5.74) is 0.446. The Balaban J connectivity index is 1.90. The van der Waals surface area contributed by atoms with Gasteiger partial charge in [-0.25, -0.2) is 18.1 Å². The van der Waals surface area contributed by atoms with E-state index in [0.29, 0.717) is 41.7 Å². The standard InChI is InChI=1S/C13H16ClN3O3S/c14-10-5-6-15-13-12(10)11(7-16-13)21(19,20)17-8-1-3-9(18)4-2-8/h5-9,17-18H,1-4H2,(H,15,16). The fourth-order valence-corrected chi connectivity index (χ4v) is 4.47. The van der Waals surface area contributed by atoms with Crippen molar-refractivity contribution < 1.29 is 13.5 Å². The van der Waals surface area contributed by atoms with Gasteiger partial charge < -0.3 is 10.1 Å². The number of sulfonamides is 1. The highest BCUT2D eigenvalue weighted by atomic mass is 35.5. The molecule has 3 N–H and O–H groups in total. The maximum absolute atomic E-state index is 12.5. The highest BCUT2D eigenvalue weighted by Crippen LogP contribution is 2.29. The molecule has 1 fully saturated rings. The first-order chi connectivity index (χ1) is 9.97. The summed E-state index contributed by atoms with van der Waals surface area (Å²) in [5, 5.41) is 10.2. The van der Waals surface area contributed by atoms with Crippen molar-refractivity contribution in [1.82, 2.24) is 14.7 Å². The van der Waals surface area contributed by atoms with Gasteiger partial charge in [0.2, 0.25) is 10.0 Å². The highest BCUT2D eigenvalue weighted by Gasteiger charge is 2.27. The molecule has 1 aliphatic rings. The SMILES string of the molecule is O=S(=O)(NC1CCC(O)CC1)c1c[nH]c2nccc(Cl)c12. The van der Waals surface area contributed by atoms with Crippen molar-refractivity contribution in [3.8, 4) is 0 Å². The average molecular weight is 330 g/mol. The molecule has 2 heterocycles. The summed E-state index contributed by atoms with van der Waals surface area (Å²) in [7, 11) is -3.67. The topological polar surface area (TPSA) is 95.1 Å². The fraction of sp³-hybridized carbons (Fsp3) is 0.462. The third-order valence-electron chi connectivity index (χ3n) is 3.79. The van der Waals surface area contributed by atoms with Crippen LogP contribution in [0.2, 0.25) is 5.02 Å². The number of hydrogen-bond donors (Lipinski definition) is 3. The van der Waals surface area contributed by atoms with Crippen LogP contribution in [-0.2, 0) is 10.0 Å². The molecule has 114 valence electrons. The Morgan fingerprint density at radius 1 is 1.33 bits per heavy atom. The molecule has 0 radical (unpaired) electrons. The van der Waals surface area contributed by atoms with E-state index in [1.165, 1.54) is 12.4 Å². The van der Waals surface area contributed by atoms with Crippen LogP contribution >= 0.6 is 11.6 Å². The molecule has 2 aromatic heterocycles. The second kappa shape index (κ2) is 5.57. The van der Waals surface area contributed by atoms with Crippen molar-refractivity contribution >= 4 is 32.7 Å². The van der Waals surface area contributed by atoms with Gasteiger partial charge in [0.15, 0.2) is 0 Å². The number of aliphatic hydroxyl groups is 1. The molecule has 6 nitrogen and oxygen atoms in total. The summed E-state index contributed by atoms with van der Waals surface area (Å²) in [6, 6.07) is 1.41. The van der Waals surface area contributed by atoms with E-state index in [9.17, 15) is 13.5 Å². The maximum atomic E-state index is 12.5. The van der Waals surface area contributed by atoms with E-state index >= 15 is 0 Å². The van der Waals surface area contributed by atoms with Crippen molar-refractivity contribution in [3.63, 3.8) is 0 Å². The second-order valence-electron chi connectivity index (χ2n) is 5.30. The van der Waals surface area contributed by atoms with E-state index in [0.717, 1.165) is 0 Å². The van der Waals surface area contributed by atoms with E-state index in [-0.39, 0.29) is 17.0 Å². The summed E-state index contributed by atoms with van der Waals surface area (Å²) in [5.74, 6) is 0. The molecule has 0 bridgehead atoms. The van der Waals surface area contributed by atoms with Crippen LogP contribution in [-0.4, -0.2) is 35.6 Å². The lowest BCUT2D eigenvalue weighted by Crippen LogP contribution is -2.38. The molecule has 0 saturated heterocycles. The predicted molar refractivity (Wildman–Crippen MR) is 79.7 cm³/mol. The van der Waals surface area contributed by atoms with E-state index in [1.54, 1.807) is 6.07 Å². The monoisotopic (exact) mass is 329 g/mol. The molecular weight excluding hydrogens is 314 g/mol. The number of hydrogen-bond acceptors (Lipinski definition) is 4. The first kappa shape index (κ1) is 14.8. The predicted octanol–water partition coefficient (Wildman–Crippen LogP) is 1.80. The smallest absolute Gasteiger partial charge is 0.243 e. The van der Waals surface area contributed by atoms with Crippen molar-refractivity contribution in [1.29, 1.82) is 0 Å². The molecule has 1 saturated carbocycles. The minimum Gasteiger partial charge on any atom is -0.393 e. The summed E-state index contributed by atoms with van der Waals surface area (Å²) < 4.78 is 27.8. The first-order valence-electron chi connectivity index (χ1n) is 6.79. The van der Waals surface area contributed by atoms with E-state index in [4.69, 9.17) is 11.6 Å². The van der Waals surface area contributed by atoms with Crippen LogP contribution in [0, 0.1) is 0 Å². The Labute approximate surface area is 127 Å². The lowest BCUT2D eigenvalue weighted by molar-refractivity contribution is 0.120. The van der Waals surface area contributed by atoms with Gasteiger partial charge in [-0.3, -0.25) is 0 Å². The quantitative estimate of drug-likeness (QED) is 0.800. The molecular formula is C13H16ClN3O3S. The molecule has 1 aliphatic carbocycles. The zero-order valence-electron chi connectivity index (χ0n) is 11.2. The second-order valence-corrected chi connectivity index (χ2v) is 7.39. The third kappa shape index (κ3) is 2.91. The number of nitrogens with zero attached hydrogens (tertiary/aromatic N) is 1. The molecule has 3 rings (SSSR count). The zero-order chi connectivity index (χ0) is 15.0. The van der Waals surface area contributed by atoms with Gasteiger partial charge in [-0.05, 0) is 31.7 Å². The number of halogens is 1. The number of aromatic nitrogens is 2. The van der Waals surface area contributed by atoms with Gasteiger partial charge in [-0.1, -0.05) is 11.6 Å². The van der Waals surface area contributed by atoms with Gasteiger partial charge in [0.25, 0.3) is 0 Å². The normalized spacial score (nSPS) is 23.5. The van der Waals surface area contributed by atoms with Gasteiger partial charge in [0.05, 0.1) is 16.5 Å². The number of H-pyrrole nitrogens is 1. The molecule has 2 aromatic rings. The number of aromatic amines is 1. The highest BCUT2D eigenvalue weighted by molar-refractivity contribution is 7.89. The summed E-state index contributed by atoms with van der Waals surface area (Å²) in [6.45, 7) is 0. The molecule has 0 atom stereocenters. The molecule has 0 aromatic carbocycles. The molecule has 21 heavy (non-hydrogen) atoms.